The fourth-order valence-corrected chi connectivity index (χ4v) is 9.81. The first-order valence-corrected chi connectivity index (χ1v) is 22.0. The highest BCUT2D eigenvalue weighted by Crippen LogP contribution is 2.64. The molecule has 2 aliphatic rings. The van der Waals surface area contributed by atoms with E-state index in [4.69, 9.17) is 14.2 Å². The number of hydrogen-bond donors (Lipinski definition) is 0. The highest BCUT2D eigenvalue weighted by molar-refractivity contribution is 8.02. The van der Waals surface area contributed by atoms with Gasteiger partial charge >= 0.3 is 11.4 Å². The minimum atomic E-state index is -1.64. The van der Waals surface area contributed by atoms with Crippen LogP contribution in [-0.2, 0) is 14.7 Å². The zero-order chi connectivity index (χ0) is 40.5. The van der Waals surface area contributed by atoms with E-state index in [1.807, 2.05) is 78.9 Å². The molecule has 2 aliphatic heterocycles. The molecule has 0 saturated carbocycles. The molecule has 306 valence electrons. The lowest BCUT2D eigenvalue weighted by Crippen LogP contribution is -2.60. The Morgan fingerprint density at radius 2 is 0.931 bits per heavy atom. The van der Waals surface area contributed by atoms with Crippen molar-refractivity contribution in [3.05, 3.63) is 135 Å². The molecule has 0 aliphatic carbocycles. The van der Waals surface area contributed by atoms with Gasteiger partial charge in [0.2, 0.25) is 9.87 Å². The first-order valence-electron chi connectivity index (χ1n) is 21.2. The summed E-state index contributed by atoms with van der Waals surface area (Å²) in [5, 5.41) is 0. The summed E-state index contributed by atoms with van der Waals surface area (Å²) in [6.45, 7) is 8.33. The summed E-state index contributed by atoms with van der Waals surface area (Å²) in [7, 11) is 0. The number of ether oxygens (including phenoxy) is 3. The molecule has 1 saturated heterocycles. The number of para-hydroxylation sites is 1. The maximum atomic E-state index is 15.6. The number of amides is 1. The standard InChI is InChI=1S/C47H56N4O6S/c1-4-7-10-16-33-55-40-27-21-36(22-28-40)46-43(52)49(39-25-31-42(32-26-39)57-35-18-12-9-6-3)47(58-46,37-23-29-41(30-24-37)56-34-17-11-8-5-2)51-45(54)48(44(53)50(46)51)38-19-14-13-15-20-38/h13-15,19-32H,4-12,16-18,33-35H2,1-3H3. The second kappa shape index (κ2) is 18.6. The number of aromatic nitrogens is 3. The average Bonchev–Trinajstić information content (AvgIpc) is 3.83. The second-order valence-corrected chi connectivity index (χ2v) is 16.5. The molecule has 0 spiro atoms. The van der Waals surface area contributed by atoms with Crippen LogP contribution in [0.4, 0.5) is 5.69 Å². The molecule has 7 rings (SSSR count). The molecule has 1 aromatic heterocycles. The van der Waals surface area contributed by atoms with E-state index in [2.05, 4.69) is 20.8 Å². The van der Waals surface area contributed by atoms with E-state index >= 15 is 4.79 Å². The van der Waals surface area contributed by atoms with Crippen molar-refractivity contribution in [2.75, 3.05) is 24.7 Å². The van der Waals surface area contributed by atoms with E-state index in [0.29, 0.717) is 59.6 Å². The number of anilines is 1. The minimum Gasteiger partial charge on any atom is -0.494 e. The topological polar surface area (TPSA) is 96.9 Å². The molecule has 58 heavy (non-hydrogen) atoms. The third kappa shape index (κ3) is 7.73. The molecule has 2 bridgehead atoms. The van der Waals surface area contributed by atoms with E-state index in [0.717, 1.165) is 81.6 Å². The van der Waals surface area contributed by atoms with Crippen LogP contribution in [0.3, 0.4) is 0 Å². The number of unbranched alkanes of at least 4 members (excludes halogenated alkanes) is 9. The molecule has 0 N–H and O–H groups in total. The van der Waals surface area contributed by atoms with Gasteiger partial charge in [-0.15, -0.1) is 0 Å². The summed E-state index contributed by atoms with van der Waals surface area (Å²) in [6.07, 6.45) is 13.1. The normalized spacial score (nSPS) is 18.1. The van der Waals surface area contributed by atoms with Crippen molar-refractivity contribution in [2.24, 2.45) is 0 Å². The molecule has 5 aromatic rings. The first-order chi connectivity index (χ1) is 28.4. The molecule has 1 fully saturated rings. The lowest BCUT2D eigenvalue weighted by molar-refractivity contribution is -0.124. The Kier molecular flexibility index (Phi) is 13.2. The van der Waals surface area contributed by atoms with Crippen molar-refractivity contribution in [3.63, 3.8) is 0 Å². The van der Waals surface area contributed by atoms with Gasteiger partial charge in [0.1, 0.15) is 17.2 Å². The number of rotatable bonds is 22. The Hall–Kier alpha value is -5.16. The van der Waals surface area contributed by atoms with E-state index in [9.17, 15) is 9.59 Å². The number of carbonyl (C=O) groups excluding carboxylic acids is 1. The van der Waals surface area contributed by atoms with Gasteiger partial charge in [0.15, 0.2) is 0 Å². The Labute approximate surface area is 345 Å². The zero-order valence-electron chi connectivity index (χ0n) is 34.1. The third-order valence-corrected chi connectivity index (χ3v) is 12.8. The van der Waals surface area contributed by atoms with Crippen LogP contribution in [0.5, 0.6) is 17.2 Å². The molecule has 0 radical (unpaired) electrons. The van der Waals surface area contributed by atoms with Crippen molar-refractivity contribution < 1.29 is 19.0 Å². The molecular weight excluding hydrogens is 749 g/mol. The van der Waals surface area contributed by atoms with Crippen LogP contribution in [0.25, 0.3) is 5.69 Å². The van der Waals surface area contributed by atoms with Crippen LogP contribution in [0.1, 0.15) is 109 Å². The number of carbonyl (C=O) groups is 1. The van der Waals surface area contributed by atoms with Crippen LogP contribution >= 0.6 is 11.8 Å². The molecule has 11 heteroatoms. The smallest absolute Gasteiger partial charge is 0.355 e. The van der Waals surface area contributed by atoms with Gasteiger partial charge in [-0.1, -0.05) is 133 Å². The third-order valence-electron chi connectivity index (χ3n) is 11.0. The van der Waals surface area contributed by atoms with Gasteiger partial charge in [0.05, 0.1) is 25.5 Å². The zero-order valence-corrected chi connectivity index (χ0v) is 34.9. The molecule has 10 nitrogen and oxygen atoms in total. The van der Waals surface area contributed by atoms with Crippen molar-refractivity contribution in [2.45, 2.75) is 108 Å². The van der Waals surface area contributed by atoms with Gasteiger partial charge in [-0.25, -0.2) is 14.2 Å². The summed E-state index contributed by atoms with van der Waals surface area (Å²) < 4.78 is 22.3. The van der Waals surface area contributed by atoms with Crippen LogP contribution < -0.4 is 30.5 Å². The Morgan fingerprint density at radius 1 is 0.483 bits per heavy atom. The van der Waals surface area contributed by atoms with Crippen molar-refractivity contribution in [1.29, 1.82) is 0 Å². The molecular formula is C47H56N4O6S. The number of fused-ring (bicyclic) bond motifs is 5. The van der Waals surface area contributed by atoms with Gasteiger partial charge in [0, 0.05) is 11.3 Å². The fourth-order valence-electron chi connectivity index (χ4n) is 7.94. The molecule has 1 amide bonds. The van der Waals surface area contributed by atoms with Gasteiger partial charge in [-0.05, 0) is 85.5 Å². The predicted octanol–water partition coefficient (Wildman–Crippen LogP) is 9.83. The fraction of sp³-hybridized carbons (Fsp3) is 0.426. The SMILES string of the molecule is CCCCCCOc1ccc(N2C(=O)C3(c4ccc(OCCCCCC)cc4)SC2(c2ccc(OCCCCCC)cc2)n2c(=O)n(-c4ccccc4)c(=O)n23)cc1. The van der Waals surface area contributed by atoms with Crippen molar-refractivity contribution in [3.8, 4) is 22.9 Å². The maximum absolute atomic E-state index is 15.6. The summed E-state index contributed by atoms with van der Waals surface area (Å²) in [4.78, 5) is 43.9. The van der Waals surface area contributed by atoms with Gasteiger partial charge in [-0.3, -0.25) is 9.69 Å². The quantitative estimate of drug-likeness (QED) is 0.0643. The monoisotopic (exact) mass is 804 g/mol. The number of thioether (sulfide) groups is 1. The molecule has 2 unspecified atom stereocenters. The van der Waals surface area contributed by atoms with E-state index in [1.165, 1.54) is 21.1 Å². The molecule has 3 heterocycles. The van der Waals surface area contributed by atoms with Gasteiger partial charge in [-0.2, -0.15) is 9.36 Å². The summed E-state index contributed by atoms with van der Waals surface area (Å²) in [6, 6.07) is 31.3. The predicted molar refractivity (Wildman–Crippen MR) is 232 cm³/mol. The van der Waals surface area contributed by atoms with E-state index < -0.39 is 21.2 Å². The van der Waals surface area contributed by atoms with Crippen LogP contribution in [0, 0.1) is 0 Å². The Morgan fingerprint density at radius 3 is 1.41 bits per heavy atom. The van der Waals surface area contributed by atoms with E-state index in [1.54, 1.807) is 29.2 Å². The summed E-state index contributed by atoms with van der Waals surface area (Å²) in [5.41, 5.74) is 1.03. The number of hydrogen-bond acceptors (Lipinski definition) is 7. The highest BCUT2D eigenvalue weighted by atomic mass is 32.2. The summed E-state index contributed by atoms with van der Waals surface area (Å²) in [5.74, 6) is 1.72. The highest BCUT2D eigenvalue weighted by Gasteiger charge is 2.73. The lowest BCUT2D eigenvalue weighted by Gasteiger charge is -2.39. The molecule has 4 aromatic carbocycles. The second-order valence-electron chi connectivity index (χ2n) is 15.1. The summed E-state index contributed by atoms with van der Waals surface area (Å²) >= 11 is 1.28. The van der Waals surface area contributed by atoms with Gasteiger partial charge < -0.3 is 14.2 Å². The Balaban J connectivity index is 1.35. The lowest BCUT2D eigenvalue weighted by atomic mass is 10.0. The number of nitrogens with zero attached hydrogens (tertiary/aromatic N) is 4. The van der Waals surface area contributed by atoms with Crippen LogP contribution in [-0.4, -0.2) is 39.7 Å². The van der Waals surface area contributed by atoms with Crippen molar-refractivity contribution >= 4 is 23.4 Å². The minimum absolute atomic E-state index is 0.345. The van der Waals surface area contributed by atoms with Gasteiger partial charge in [0.25, 0.3) is 5.91 Å². The number of benzene rings is 4. The first kappa shape index (κ1) is 41.0. The van der Waals surface area contributed by atoms with Crippen LogP contribution in [0.15, 0.2) is 113 Å². The van der Waals surface area contributed by atoms with Crippen LogP contribution in [0.2, 0.25) is 0 Å². The largest absolute Gasteiger partial charge is 0.494 e. The van der Waals surface area contributed by atoms with E-state index in [-0.39, 0.29) is 5.91 Å². The average molecular weight is 805 g/mol. The maximum Gasteiger partial charge on any atom is 0.355 e. The Bertz CT molecular complexity index is 2230. The van der Waals surface area contributed by atoms with Crippen molar-refractivity contribution in [1.82, 2.24) is 13.9 Å². The molecule has 2 atom stereocenters.